The number of unbranched alkanes of at least 4 members (excludes halogenated alkanes) is 12. The van der Waals surface area contributed by atoms with E-state index in [2.05, 4.69) is 86.8 Å². The maximum atomic E-state index is 12.7. The predicted molar refractivity (Wildman–Crippen MR) is 224 cm³/mol. The highest BCUT2D eigenvalue weighted by Crippen LogP contribution is 2.12. The van der Waals surface area contributed by atoms with Gasteiger partial charge in [0.15, 0.2) is 12.1 Å². The van der Waals surface area contributed by atoms with Gasteiger partial charge in [-0.2, -0.15) is 0 Å². The van der Waals surface area contributed by atoms with Crippen molar-refractivity contribution in [2.45, 2.75) is 161 Å². The molecule has 0 saturated carbocycles. The second-order valence-corrected chi connectivity index (χ2v) is 14.9. The van der Waals surface area contributed by atoms with E-state index in [4.69, 9.17) is 14.2 Å². The molecule has 0 saturated heterocycles. The fourth-order valence-electron chi connectivity index (χ4n) is 5.63. The molecular formula is C46H78NO7+. The lowest BCUT2D eigenvalue weighted by Crippen LogP contribution is -2.50. The Labute approximate surface area is 330 Å². The van der Waals surface area contributed by atoms with Crippen LogP contribution < -0.4 is 0 Å². The maximum absolute atomic E-state index is 12.7. The summed E-state index contributed by atoms with van der Waals surface area (Å²) in [4.78, 5) is 36.9. The quantitative estimate of drug-likeness (QED) is 0.0223. The molecule has 0 amide bonds. The highest BCUT2D eigenvalue weighted by Gasteiger charge is 2.31. The standard InChI is InChI=1S/C46H77NO7/c1-6-8-10-12-14-16-18-20-21-22-23-24-25-27-29-31-33-35-37-45(49)54-42(40-52-39-38-43(46(50)51)47(3,4)5)41-53-44(48)36-34-32-30-28-26-19-17-15-13-11-9-7-2/h9,11,15,17-18,20-24,26,28,42-43H,6-8,10,12-14,16,19,25,27,29-41H2,1-5H3/p+1/b11-9+,17-15+,20-18+,22-21+,24-23+,28-26+. The van der Waals surface area contributed by atoms with Crippen molar-refractivity contribution in [2.75, 3.05) is 41.0 Å². The molecular weight excluding hydrogens is 679 g/mol. The number of hydrogen-bond donors (Lipinski definition) is 1. The molecule has 0 aliphatic rings. The van der Waals surface area contributed by atoms with E-state index >= 15 is 0 Å². The molecule has 0 aromatic carbocycles. The first-order valence-corrected chi connectivity index (χ1v) is 21.0. The fourth-order valence-corrected chi connectivity index (χ4v) is 5.63. The molecule has 0 radical (unpaired) electrons. The van der Waals surface area contributed by atoms with Crippen LogP contribution in [0.25, 0.3) is 0 Å². The van der Waals surface area contributed by atoms with Crippen LogP contribution in [-0.4, -0.2) is 80.6 Å². The van der Waals surface area contributed by atoms with Gasteiger partial charge in [0.1, 0.15) is 6.61 Å². The molecule has 1 N–H and O–H groups in total. The number of hydrogen-bond acceptors (Lipinski definition) is 6. The van der Waals surface area contributed by atoms with Crippen molar-refractivity contribution >= 4 is 17.9 Å². The number of esters is 2. The molecule has 0 aromatic heterocycles. The zero-order chi connectivity index (χ0) is 40.0. The Morgan fingerprint density at radius 3 is 1.72 bits per heavy atom. The second kappa shape index (κ2) is 36.7. The van der Waals surface area contributed by atoms with Gasteiger partial charge in [0.25, 0.3) is 0 Å². The van der Waals surface area contributed by atoms with Crippen LogP contribution in [0.5, 0.6) is 0 Å². The highest BCUT2D eigenvalue weighted by molar-refractivity contribution is 5.72. The minimum atomic E-state index is -0.888. The van der Waals surface area contributed by atoms with Crippen molar-refractivity contribution in [2.24, 2.45) is 0 Å². The van der Waals surface area contributed by atoms with E-state index in [0.29, 0.717) is 25.7 Å². The van der Waals surface area contributed by atoms with Gasteiger partial charge < -0.3 is 23.8 Å². The number of rotatable bonds is 36. The van der Waals surface area contributed by atoms with Crippen LogP contribution in [0.1, 0.15) is 149 Å². The Morgan fingerprint density at radius 1 is 0.593 bits per heavy atom. The molecule has 0 bridgehead atoms. The predicted octanol–water partition coefficient (Wildman–Crippen LogP) is 11.2. The number of carbonyl (C=O) groups excluding carboxylic acids is 2. The summed E-state index contributed by atoms with van der Waals surface area (Å²) in [6.07, 6.45) is 45.2. The Bertz CT molecular complexity index is 1110. The molecule has 8 heteroatoms. The summed E-state index contributed by atoms with van der Waals surface area (Å²) in [5, 5.41) is 9.60. The van der Waals surface area contributed by atoms with Crippen LogP contribution in [0.2, 0.25) is 0 Å². The molecule has 0 spiro atoms. The minimum Gasteiger partial charge on any atom is -0.477 e. The van der Waals surface area contributed by atoms with Gasteiger partial charge >= 0.3 is 17.9 Å². The lowest BCUT2D eigenvalue weighted by atomic mass is 10.1. The zero-order valence-corrected chi connectivity index (χ0v) is 34.9. The third-order valence-corrected chi connectivity index (χ3v) is 8.90. The van der Waals surface area contributed by atoms with Gasteiger partial charge in [-0.25, -0.2) is 4.79 Å². The minimum absolute atomic E-state index is 0.0365. The molecule has 0 rings (SSSR count). The molecule has 0 aromatic rings. The lowest BCUT2D eigenvalue weighted by molar-refractivity contribution is -0.887. The summed E-state index contributed by atoms with van der Waals surface area (Å²) < 4.78 is 17.2. The van der Waals surface area contributed by atoms with Gasteiger partial charge in [-0.15, -0.1) is 0 Å². The number of nitrogens with zero attached hydrogens (tertiary/aromatic N) is 1. The molecule has 8 nitrogen and oxygen atoms in total. The molecule has 308 valence electrons. The highest BCUT2D eigenvalue weighted by atomic mass is 16.6. The van der Waals surface area contributed by atoms with E-state index in [0.717, 1.165) is 77.0 Å². The lowest BCUT2D eigenvalue weighted by Gasteiger charge is -2.31. The molecule has 2 atom stereocenters. The largest absolute Gasteiger partial charge is 0.477 e. The summed E-state index contributed by atoms with van der Waals surface area (Å²) >= 11 is 0. The van der Waals surface area contributed by atoms with Crippen LogP contribution >= 0.6 is 0 Å². The summed E-state index contributed by atoms with van der Waals surface area (Å²) in [5.74, 6) is -1.56. The van der Waals surface area contributed by atoms with Crippen molar-refractivity contribution in [1.29, 1.82) is 0 Å². The Hall–Kier alpha value is -3.23. The summed E-state index contributed by atoms with van der Waals surface area (Å²) in [7, 11) is 5.49. The molecule has 54 heavy (non-hydrogen) atoms. The van der Waals surface area contributed by atoms with E-state index in [1.807, 2.05) is 21.1 Å². The fraction of sp³-hybridized carbons (Fsp3) is 0.674. The Kier molecular flexibility index (Phi) is 34.5. The number of carboxylic acid groups (broad SMARTS) is 1. The van der Waals surface area contributed by atoms with Crippen LogP contribution in [0.4, 0.5) is 0 Å². The monoisotopic (exact) mass is 757 g/mol. The van der Waals surface area contributed by atoms with Gasteiger partial charge in [-0.3, -0.25) is 9.59 Å². The van der Waals surface area contributed by atoms with Gasteiger partial charge in [-0.05, 0) is 70.6 Å². The van der Waals surface area contributed by atoms with Crippen molar-refractivity contribution in [1.82, 2.24) is 0 Å². The number of aliphatic carboxylic acids is 1. The third-order valence-electron chi connectivity index (χ3n) is 8.90. The van der Waals surface area contributed by atoms with E-state index in [9.17, 15) is 19.5 Å². The number of allylic oxidation sites excluding steroid dienone is 12. The summed E-state index contributed by atoms with van der Waals surface area (Å²) in [6, 6.07) is -0.627. The van der Waals surface area contributed by atoms with Crippen LogP contribution in [-0.2, 0) is 28.6 Å². The number of carbonyl (C=O) groups is 3. The molecule has 0 aliphatic carbocycles. The molecule has 0 heterocycles. The average molecular weight is 757 g/mol. The maximum Gasteiger partial charge on any atom is 0.362 e. The summed E-state index contributed by atoms with van der Waals surface area (Å²) in [6.45, 7) is 4.52. The van der Waals surface area contributed by atoms with E-state index in [1.165, 1.54) is 32.1 Å². The smallest absolute Gasteiger partial charge is 0.362 e. The van der Waals surface area contributed by atoms with Crippen molar-refractivity contribution in [3.63, 3.8) is 0 Å². The van der Waals surface area contributed by atoms with Crippen LogP contribution in [0.15, 0.2) is 72.9 Å². The normalized spacial score (nSPS) is 13.7. The first-order valence-electron chi connectivity index (χ1n) is 21.0. The van der Waals surface area contributed by atoms with E-state index in [1.54, 1.807) is 0 Å². The van der Waals surface area contributed by atoms with Crippen LogP contribution in [0, 0.1) is 0 Å². The average Bonchev–Trinajstić information content (AvgIpc) is 3.12. The Morgan fingerprint density at radius 2 is 1.11 bits per heavy atom. The number of quaternary nitrogens is 1. The topological polar surface area (TPSA) is 99.1 Å². The van der Waals surface area contributed by atoms with E-state index in [-0.39, 0.29) is 36.2 Å². The summed E-state index contributed by atoms with van der Waals surface area (Å²) in [5.41, 5.74) is 0. The van der Waals surface area contributed by atoms with Gasteiger partial charge in [-0.1, -0.05) is 132 Å². The van der Waals surface area contributed by atoms with Crippen molar-refractivity contribution < 1.29 is 38.2 Å². The Balaban J connectivity index is 4.47. The number of ether oxygens (including phenoxy) is 3. The first-order chi connectivity index (χ1) is 26.1. The van der Waals surface area contributed by atoms with E-state index < -0.39 is 18.1 Å². The zero-order valence-electron chi connectivity index (χ0n) is 34.9. The number of carboxylic acids is 1. The van der Waals surface area contributed by atoms with Crippen molar-refractivity contribution in [3.8, 4) is 0 Å². The molecule has 0 aliphatic heterocycles. The van der Waals surface area contributed by atoms with Crippen molar-refractivity contribution in [3.05, 3.63) is 72.9 Å². The molecule has 2 unspecified atom stereocenters. The van der Waals surface area contributed by atoms with Gasteiger partial charge in [0.2, 0.25) is 0 Å². The van der Waals surface area contributed by atoms with Crippen LogP contribution in [0.3, 0.4) is 0 Å². The SMILES string of the molecule is CC/C=C/C/C=C/C/C=C/CCCCC(=O)OCC(COCCC(C(=O)O)[N+](C)(C)C)OC(=O)CCCCCCC/C=C/C=C/C=C/CCCCCCC. The third kappa shape index (κ3) is 34.5. The first kappa shape index (κ1) is 50.8. The van der Waals surface area contributed by atoms with Gasteiger partial charge in [0.05, 0.1) is 34.4 Å². The number of likely N-dealkylation sites (N-methyl/N-ethyl adjacent to an activating group) is 1. The second-order valence-electron chi connectivity index (χ2n) is 14.9. The van der Waals surface area contributed by atoms with Gasteiger partial charge in [0, 0.05) is 19.3 Å². The molecule has 0 fully saturated rings.